The summed E-state index contributed by atoms with van der Waals surface area (Å²) < 4.78 is 2.00. The zero-order valence-corrected chi connectivity index (χ0v) is 11.6. The van der Waals surface area contributed by atoms with Crippen molar-refractivity contribution in [1.82, 2.24) is 20.1 Å². The van der Waals surface area contributed by atoms with Crippen molar-refractivity contribution in [3.63, 3.8) is 0 Å². The van der Waals surface area contributed by atoms with Gasteiger partial charge in [-0.2, -0.15) is 5.10 Å². The number of aryl methyl sites for hydroxylation is 2. The molecule has 1 N–H and O–H groups in total. The highest BCUT2D eigenvalue weighted by atomic mass is 15.3. The first-order valence-electron chi connectivity index (χ1n) is 6.88. The third-order valence-corrected chi connectivity index (χ3v) is 4.05. The molecule has 1 aliphatic rings. The Hall–Kier alpha value is -1.68. The predicted octanol–water partition coefficient (Wildman–Crippen LogP) is 1.69. The third kappa shape index (κ3) is 2.16. The maximum Gasteiger partial charge on any atom is 0.138 e. The van der Waals surface area contributed by atoms with Gasteiger partial charge in [-0.05, 0) is 19.4 Å². The van der Waals surface area contributed by atoms with Gasteiger partial charge < -0.3 is 5.32 Å². The van der Waals surface area contributed by atoms with Crippen LogP contribution in [0.25, 0.3) is 0 Å². The van der Waals surface area contributed by atoms with E-state index in [0.717, 1.165) is 31.9 Å². The molecule has 1 aromatic heterocycles. The first-order chi connectivity index (χ1) is 9.23. The Morgan fingerprint density at radius 3 is 2.84 bits per heavy atom. The molecule has 2 aromatic rings. The summed E-state index contributed by atoms with van der Waals surface area (Å²) in [5.74, 6) is 1.09. The smallest absolute Gasteiger partial charge is 0.138 e. The van der Waals surface area contributed by atoms with Gasteiger partial charge in [0.15, 0.2) is 0 Å². The monoisotopic (exact) mass is 256 g/mol. The Labute approximate surface area is 113 Å². The Kier molecular flexibility index (Phi) is 3.11. The van der Waals surface area contributed by atoms with E-state index in [1.165, 1.54) is 11.1 Å². The summed E-state index contributed by atoms with van der Waals surface area (Å²) in [6.07, 6.45) is 2.62. The minimum atomic E-state index is 0.186. The molecule has 0 aliphatic carbocycles. The van der Waals surface area contributed by atoms with Crippen molar-refractivity contribution in [1.29, 1.82) is 0 Å². The highest BCUT2D eigenvalue weighted by Crippen LogP contribution is 2.32. The summed E-state index contributed by atoms with van der Waals surface area (Å²) in [5, 5.41) is 7.69. The van der Waals surface area contributed by atoms with Gasteiger partial charge >= 0.3 is 0 Å². The van der Waals surface area contributed by atoms with Crippen LogP contribution in [-0.4, -0.2) is 27.9 Å². The Balaban J connectivity index is 1.92. The lowest BCUT2D eigenvalue weighted by Crippen LogP contribution is -2.58. The first kappa shape index (κ1) is 12.4. The topological polar surface area (TPSA) is 42.7 Å². The number of benzene rings is 1. The number of aromatic nitrogens is 3. The van der Waals surface area contributed by atoms with Crippen LogP contribution in [0.3, 0.4) is 0 Å². The highest BCUT2D eigenvalue weighted by Gasteiger charge is 2.39. The lowest BCUT2D eigenvalue weighted by Gasteiger charge is -2.43. The maximum absolute atomic E-state index is 4.43. The normalized spacial score (nSPS) is 17.2. The summed E-state index contributed by atoms with van der Waals surface area (Å²) in [7, 11) is 0. The van der Waals surface area contributed by atoms with Crippen molar-refractivity contribution in [2.75, 3.05) is 13.1 Å². The molecule has 0 amide bonds. The van der Waals surface area contributed by atoms with Crippen LogP contribution in [0.1, 0.15) is 23.9 Å². The summed E-state index contributed by atoms with van der Waals surface area (Å²) in [6, 6.07) is 8.83. The molecule has 1 fully saturated rings. The summed E-state index contributed by atoms with van der Waals surface area (Å²) in [6.45, 7) is 7.18. The quantitative estimate of drug-likeness (QED) is 0.905. The van der Waals surface area contributed by atoms with E-state index in [0.29, 0.717) is 0 Å². The van der Waals surface area contributed by atoms with Crippen molar-refractivity contribution in [3.8, 4) is 0 Å². The Morgan fingerprint density at radius 2 is 2.21 bits per heavy atom. The average Bonchev–Trinajstić information content (AvgIpc) is 2.80. The predicted molar refractivity (Wildman–Crippen MR) is 75.1 cm³/mol. The van der Waals surface area contributed by atoms with E-state index in [-0.39, 0.29) is 5.41 Å². The van der Waals surface area contributed by atoms with Crippen LogP contribution in [0.15, 0.2) is 30.6 Å². The number of hydrogen-bond acceptors (Lipinski definition) is 3. The van der Waals surface area contributed by atoms with E-state index in [1.54, 1.807) is 6.33 Å². The minimum Gasteiger partial charge on any atom is -0.315 e. The molecule has 100 valence electrons. The maximum atomic E-state index is 4.43. The molecule has 0 atom stereocenters. The number of rotatable bonds is 4. The fourth-order valence-corrected chi connectivity index (χ4v) is 2.82. The molecule has 2 heterocycles. The fourth-order valence-electron chi connectivity index (χ4n) is 2.82. The van der Waals surface area contributed by atoms with Gasteiger partial charge in [0.05, 0.1) is 0 Å². The highest BCUT2D eigenvalue weighted by molar-refractivity contribution is 5.34. The number of nitrogens with zero attached hydrogens (tertiary/aromatic N) is 3. The van der Waals surface area contributed by atoms with Gasteiger partial charge in [0.1, 0.15) is 12.2 Å². The lowest BCUT2D eigenvalue weighted by atomic mass is 9.72. The van der Waals surface area contributed by atoms with Crippen molar-refractivity contribution in [3.05, 3.63) is 47.5 Å². The van der Waals surface area contributed by atoms with E-state index >= 15 is 0 Å². The number of hydrogen-bond donors (Lipinski definition) is 1. The van der Waals surface area contributed by atoms with Crippen LogP contribution >= 0.6 is 0 Å². The Morgan fingerprint density at radius 1 is 1.37 bits per heavy atom. The van der Waals surface area contributed by atoms with Crippen molar-refractivity contribution < 1.29 is 0 Å². The van der Waals surface area contributed by atoms with Gasteiger partial charge in [-0.15, -0.1) is 0 Å². The zero-order valence-electron chi connectivity index (χ0n) is 11.6. The molecule has 0 saturated carbocycles. The van der Waals surface area contributed by atoms with Crippen LogP contribution < -0.4 is 5.32 Å². The van der Waals surface area contributed by atoms with Gasteiger partial charge in [-0.3, -0.25) is 4.68 Å². The molecule has 4 heteroatoms. The molecule has 3 rings (SSSR count). The van der Waals surface area contributed by atoms with E-state index in [9.17, 15) is 0 Å². The summed E-state index contributed by atoms with van der Waals surface area (Å²) in [5.41, 5.74) is 2.92. The van der Waals surface area contributed by atoms with Crippen molar-refractivity contribution in [2.45, 2.75) is 32.2 Å². The summed E-state index contributed by atoms with van der Waals surface area (Å²) >= 11 is 0. The van der Waals surface area contributed by atoms with Gasteiger partial charge in [-0.25, -0.2) is 4.98 Å². The van der Waals surface area contributed by atoms with Gasteiger partial charge in [0.2, 0.25) is 0 Å². The van der Waals surface area contributed by atoms with E-state index in [1.807, 2.05) is 4.68 Å². The molecule has 0 unspecified atom stereocenters. The molecule has 0 spiro atoms. The van der Waals surface area contributed by atoms with E-state index < -0.39 is 0 Å². The second-order valence-corrected chi connectivity index (χ2v) is 5.42. The molecule has 1 aliphatic heterocycles. The standard InChI is InChI=1S/C15H20N4/c1-3-19-14(17-11-18-19)8-15(9-16-10-15)13-6-4-5-12(2)7-13/h4-7,11,16H,3,8-10H2,1-2H3. The van der Waals surface area contributed by atoms with Crippen LogP contribution in [-0.2, 0) is 18.4 Å². The molecular weight excluding hydrogens is 236 g/mol. The van der Waals surface area contributed by atoms with Gasteiger partial charge in [0, 0.05) is 31.5 Å². The zero-order chi connectivity index (χ0) is 13.3. The first-order valence-corrected chi connectivity index (χ1v) is 6.88. The van der Waals surface area contributed by atoms with Crippen LogP contribution in [0.5, 0.6) is 0 Å². The van der Waals surface area contributed by atoms with Crippen LogP contribution in [0, 0.1) is 6.92 Å². The van der Waals surface area contributed by atoms with Crippen LogP contribution in [0.2, 0.25) is 0 Å². The van der Waals surface area contributed by atoms with Crippen molar-refractivity contribution in [2.24, 2.45) is 0 Å². The van der Waals surface area contributed by atoms with E-state index in [4.69, 9.17) is 0 Å². The SMILES string of the molecule is CCn1ncnc1CC1(c2cccc(C)c2)CNC1. The molecule has 0 radical (unpaired) electrons. The minimum absolute atomic E-state index is 0.186. The molecule has 1 saturated heterocycles. The molecule has 0 bridgehead atoms. The van der Waals surface area contributed by atoms with Gasteiger partial charge in [-0.1, -0.05) is 29.8 Å². The fraction of sp³-hybridized carbons (Fsp3) is 0.467. The number of nitrogens with one attached hydrogen (secondary N) is 1. The second-order valence-electron chi connectivity index (χ2n) is 5.42. The van der Waals surface area contributed by atoms with Crippen LogP contribution in [0.4, 0.5) is 0 Å². The Bertz CT molecular complexity index is 569. The molecular formula is C15H20N4. The van der Waals surface area contributed by atoms with Gasteiger partial charge in [0.25, 0.3) is 0 Å². The third-order valence-electron chi connectivity index (χ3n) is 4.05. The largest absolute Gasteiger partial charge is 0.315 e. The second kappa shape index (κ2) is 4.78. The molecule has 4 nitrogen and oxygen atoms in total. The lowest BCUT2D eigenvalue weighted by molar-refractivity contribution is 0.266. The molecule has 1 aromatic carbocycles. The van der Waals surface area contributed by atoms with E-state index in [2.05, 4.69) is 53.5 Å². The average molecular weight is 256 g/mol. The summed E-state index contributed by atoms with van der Waals surface area (Å²) in [4.78, 5) is 4.43. The van der Waals surface area contributed by atoms with Crippen molar-refractivity contribution >= 4 is 0 Å². The molecule has 19 heavy (non-hydrogen) atoms.